The van der Waals surface area contributed by atoms with Crippen molar-refractivity contribution in [2.75, 3.05) is 6.54 Å². The molecule has 0 radical (unpaired) electrons. The third kappa shape index (κ3) is 4.06. The van der Waals surface area contributed by atoms with Gasteiger partial charge in [0.25, 0.3) is 0 Å². The molecule has 2 N–H and O–H groups in total. The standard InChI is InChI=1S/C13H20N6S/c1-3-14-13(15-8-11-6-5-7-20-11)16-9-12-18-17-10-19(12)4-2/h5-7,10H,3-4,8-9H2,1-2H3,(H2,14,15,16). The molecule has 0 unspecified atom stereocenters. The first-order chi connectivity index (χ1) is 9.83. The van der Waals surface area contributed by atoms with Crippen LogP contribution in [-0.2, 0) is 19.6 Å². The van der Waals surface area contributed by atoms with Crippen molar-refractivity contribution >= 4 is 17.3 Å². The molecule has 20 heavy (non-hydrogen) atoms. The smallest absolute Gasteiger partial charge is 0.191 e. The van der Waals surface area contributed by atoms with Gasteiger partial charge in [0.1, 0.15) is 12.9 Å². The molecule has 0 saturated heterocycles. The van der Waals surface area contributed by atoms with Gasteiger partial charge in [-0.05, 0) is 25.3 Å². The summed E-state index contributed by atoms with van der Waals surface area (Å²) >= 11 is 1.73. The molecule has 0 aliphatic rings. The number of aromatic nitrogens is 3. The van der Waals surface area contributed by atoms with E-state index in [1.807, 2.05) is 4.57 Å². The Hall–Kier alpha value is -1.89. The van der Waals surface area contributed by atoms with Crippen LogP contribution in [0.3, 0.4) is 0 Å². The highest BCUT2D eigenvalue weighted by atomic mass is 32.1. The number of aryl methyl sites for hydroxylation is 1. The number of guanidine groups is 1. The van der Waals surface area contributed by atoms with Gasteiger partial charge in [-0.2, -0.15) is 0 Å². The van der Waals surface area contributed by atoms with E-state index in [1.165, 1.54) is 4.88 Å². The van der Waals surface area contributed by atoms with Gasteiger partial charge in [0.05, 0.1) is 6.54 Å². The van der Waals surface area contributed by atoms with Crippen LogP contribution in [0.25, 0.3) is 0 Å². The molecule has 0 spiro atoms. The van der Waals surface area contributed by atoms with Gasteiger partial charge in [0, 0.05) is 18.0 Å². The van der Waals surface area contributed by atoms with Crippen LogP contribution < -0.4 is 10.6 Å². The number of hydrogen-bond acceptors (Lipinski definition) is 4. The average Bonchev–Trinajstić information content (AvgIpc) is 3.12. The molecular formula is C13H20N6S. The summed E-state index contributed by atoms with van der Waals surface area (Å²) in [5, 5.41) is 16.6. The van der Waals surface area contributed by atoms with Crippen LogP contribution in [0.4, 0.5) is 0 Å². The van der Waals surface area contributed by atoms with Crippen molar-refractivity contribution in [1.29, 1.82) is 0 Å². The first kappa shape index (κ1) is 14.5. The first-order valence-electron chi connectivity index (χ1n) is 6.74. The zero-order chi connectivity index (χ0) is 14.2. The molecule has 6 nitrogen and oxygen atoms in total. The Kier molecular flexibility index (Phi) is 5.55. The molecular weight excluding hydrogens is 272 g/mol. The molecule has 7 heteroatoms. The second kappa shape index (κ2) is 7.64. The lowest BCUT2D eigenvalue weighted by atomic mass is 10.4. The largest absolute Gasteiger partial charge is 0.357 e. The quantitative estimate of drug-likeness (QED) is 0.627. The van der Waals surface area contributed by atoms with E-state index in [2.05, 4.69) is 57.2 Å². The summed E-state index contributed by atoms with van der Waals surface area (Å²) in [6, 6.07) is 4.16. The van der Waals surface area contributed by atoms with Crippen LogP contribution in [0.5, 0.6) is 0 Å². The lowest BCUT2D eigenvalue weighted by Gasteiger charge is -2.10. The van der Waals surface area contributed by atoms with E-state index in [1.54, 1.807) is 17.7 Å². The summed E-state index contributed by atoms with van der Waals surface area (Å²) in [7, 11) is 0. The summed E-state index contributed by atoms with van der Waals surface area (Å²) in [4.78, 5) is 5.82. The van der Waals surface area contributed by atoms with E-state index in [-0.39, 0.29) is 0 Å². The predicted octanol–water partition coefficient (Wildman–Crippen LogP) is 1.61. The Morgan fingerprint density at radius 2 is 2.30 bits per heavy atom. The molecule has 0 bridgehead atoms. The minimum Gasteiger partial charge on any atom is -0.357 e. The van der Waals surface area contributed by atoms with Gasteiger partial charge in [0.2, 0.25) is 0 Å². The second-order valence-corrected chi connectivity index (χ2v) is 5.19. The average molecular weight is 292 g/mol. The van der Waals surface area contributed by atoms with Gasteiger partial charge in [-0.25, -0.2) is 4.99 Å². The molecule has 0 aromatic carbocycles. The van der Waals surface area contributed by atoms with Gasteiger partial charge < -0.3 is 15.2 Å². The van der Waals surface area contributed by atoms with Crippen LogP contribution in [0.2, 0.25) is 0 Å². The Morgan fingerprint density at radius 1 is 1.40 bits per heavy atom. The number of hydrogen-bond donors (Lipinski definition) is 2. The topological polar surface area (TPSA) is 67.1 Å². The molecule has 0 aliphatic carbocycles. The predicted molar refractivity (Wildman–Crippen MR) is 81.7 cm³/mol. The highest BCUT2D eigenvalue weighted by Gasteiger charge is 2.03. The maximum Gasteiger partial charge on any atom is 0.191 e. The van der Waals surface area contributed by atoms with Crippen LogP contribution >= 0.6 is 11.3 Å². The third-order valence-electron chi connectivity index (χ3n) is 2.77. The molecule has 2 heterocycles. The Balaban J connectivity index is 1.94. The lowest BCUT2D eigenvalue weighted by molar-refractivity contribution is 0.694. The van der Waals surface area contributed by atoms with Crippen LogP contribution in [-0.4, -0.2) is 27.3 Å². The number of thiophene rings is 1. The maximum absolute atomic E-state index is 4.54. The van der Waals surface area contributed by atoms with E-state index in [4.69, 9.17) is 0 Å². The zero-order valence-electron chi connectivity index (χ0n) is 11.8. The number of rotatable bonds is 6. The molecule has 0 amide bonds. The zero-order valence-corrected chi connectivity index (χ0v) is 12.7. The van der Waals surface area contributed by atoms with Gasteiger partial charge in [0.15, 0.2) is 11.8 Å². The Morgan fingerprint density at radius 3 is 3.00 bits per heavy atom. The minimum atomic E-state index is 0.521. The first-order valence-corrected chi connectivity index (χ1v) is 7.62. The molecule has 0 atom stereocenters. The summed E-state index contributed by atoms with van der Waals surface area (Å²) in [5.74, 6) is 1.67. The van der Waals surface area contributed by atoms with Crippen molar-refractivity contribution in [3.05, 3.63) is 34.5 Å². The fraction of sp³-hybridized carbons (Fsp3) is 0.462. The van der Waals surface area contributed by atoms with E-state index >= 15 is 0 Å². The summed E-state index contributed by atoms with van der Waals surface area (Å²) in [6.45, 7) is 7.11. The summed E-state index contributed by atoms with van der Waals surface area (Å²) in [6.07, 6.45) is 1.73. The molecule has 2 aromatic heterocycles. The molecule has 108 valence electrons. The molecule has 0 saturated carbocycles. The van der Waals surface area contributed by atoms with Crippen molar-refractivity contribution in [2.24, 2.45) is 4.99 Å². The Labute approximate surface area is 123 Å². The fourth-order valence-electron chi connectivity index (χ4n) is 1.74. The SMILES string of the molecule is CCNC(=NCc1nncn1CC)NCc1cccs1. The van der Waals surface area contributed by atoms with Crippen LogP contribution in [0.15, 0.2) is 28.8 Å². The van der Waals surface area contributed by atoms with Crippen molar-refractivity contribution in [3.8, 4) is 0 Å². The number of nitrogens with one attached hydrogen (secondary N) is 2. The molecule has 0 aliphatic heterocycles. The van der Waals surface area contributed by atoms with Crippen molar-refractivity contribution in [2.45, 2.75) is 33.5 Å². The van der Waals surface area contributed by atoms with E-state index in [0.717, 1.165) is 31.4 Å². The van der Waals surface area contributed by atoms with Crippen LogP contribution in [0.1, 0.15) is 24.5 Å². The molecule has 2 aromatic rings. The van der Waals surface area contributed by atoms with E-state index < -0.39 is 0 Å². The van der Waals surface area contributed by atoms with Gasteiger partial charge in [-0.3, -0.25) is 0 Å². The van der Waals surface area contributed by atoms with Gasteiger partial charge >= 0.3 is 0 Å². The second-order valence-electron chi connectivity index (χ2n) is 4.16. The summed E-state index contributed by atoms with van der Waals surface area (Å²) in [5.41, 5.74) is 0. The van der Waals surface area contributed by atoms with Crippen molar-refractivity contribution in [3.63, 3.8) is 0 Å². The van der Waals surface area contributed by atoms with Crippen molar-refractivity contribution in [1.82, 2.24) is 25.4 Å². The maximum atomic E-state index is 4.54. The van der Waals surface area contributed by atoms with Crippen LogP contribution in [0, 0.1) is 0 Å². The number of aliphatic imine (C=N–C) groups is 1. The summed E-state index contributed by atoms with van der Waals surface area (Å²) < 4.78 is 1.99. The molecule has 0 fully saturated rings. The molecule has 2 rings (SSSR count). The third-order valence-corrected chi connectivity index (χ3v) is 3.65. The van der Waals surface area contributed by atoms with E-state index in [9.17, 15) is 0 Å². The lowest BCUT2D eigenvalue weighted by Crippen LogP contribution is -2.36. The number of nitrogens with zero attached hydrogens (tertiary/aromatic N) is 4. The fourth-order valence-corrected chi connectivity index (χ4v) is 2.39. The Bertz CT molecular complexity index is 531. The van der Waals surface area contributed by atoms with Crippen molar-refractivity contribution < 1.29 is 0 Å². The van der Waals surface area contributed by atoms with Gasteiger partial charge in [-0.15, -0.1) is 21.5 Å². The normalized spacial score (nSPS) is 11.6. The van der Waals surface area contributed by atoms with E-state index in [0.29, 0.717) is 6.54 Å². The monoisotopic (exact) mass is 292 g/mol. The highest BCUT2D eigenvalue weighted by molar-refractivity contribution is 7.09. The highest BCUT2D eigenvalue weighted by Crippen LogP contribution is 2.07. The van der Waals surface area contributed by atoms with Gasteiger partial charge in [-0.1, -0.05) is 6.07 Å². The minimum absolute atomic E-state index is 0.521.